The van der Waals surface area contributed by atoms with Crippen LogP contribution in [-0.2, 0) is 23.8 Å². The van der Waals surface area contributed by atoms with Crippen molar-refractivity contribution >= 4 is 29.7 Å². The van der Waals surface area contributed by atoms with E-state index in [1.807, 2.05) is 19.3 Å². The molecule has 0 aromatic rings. The maximum absolute atomic E-state index is 13.4. The second-order valence-electron chi connectivity index (χ2n) is 10.6. The Hall–Kier alpha value is -1.54. The highest BCUT2D eigenvalue weighted by Gasteiger charge is 2.71. The van der Waals surface area contributed by atoms with Gasteiger partial charge < -0.3 is 19.3 Å². The Morgan fingerprint density at radius 1 is 1.18 bits per heavy atom. The first-order chi connectivity index (χ1) is 15.6. The van der Waals surface area contributed by atoms with Gasteiger partial charge >= 0.3 is 12.1 Å². The first kappa shape index (κ1) is 24.6. The van der Waals surface area contributed by atoms with Gasteiger partial charge in [-0.3, -0.25) is 4.79 Å². The maximum Gasteiger partial charge on any atom is 0.509 e. The summed E-state index contributed by atoms with van der Waals surface area (Å²) >= 11 is 1.38. The van der Waals surface area contributed by atoms with Crippen LogP contribution in [0.15, 0.2) is 11.6 Å². The molecule has 0 aromatic carbocycles. The van der Waals surface area contributed by atoms with E-state index in [0.29, 0.717) is 25.7 Å². The van der Waals surface area contributed by atoms with Crippen LogP contribution < -0.4 is 0 Å². The Labute approximate surface area is 200 Å². The third-order valence-electron chi connectivity index (χ3n) is 9.17. The fourth-order valence-electron chi connectivity index (χ4n) is 7.74. The van der Waals surface area contributed by atoms with Gasteiger partial charge in [-0.15, -0.1) is 11.8 Å². The number of hydrogen-bond donors (Lipinski definition) is 1. The number of allylic oxidation sites excluding steroid dienone is 1. The van der Waals surface area contributed by atoms with Crippen LogP contribution >= 0.6 is 11.8 Å². The molecule has 8 heteroatoms. The Bertz CT molecular complexity index is 856. The van der Waals surface area contributed by atoms with Gasteiger partial charge in [0.05, 0.1) is 12.7 Å². The van der Waals surface area contributed by atoms with Crippen molar-refractivity contribution in [1.29, 1.82) is 0 Å². The molecule has 7 nitrogen and oxygen atoms in total. The molecule has 7 atom stereocenters. The van der Waals surface area contributed by atoms with Crippen LogP contribution in [0.2, 0.25) is 0 Å². The van der Waals surface area contributed by atoms with Gasteiger partial charge in [0.2, 0.25) is 5.60 Å². The van der Waals surface area contributed by atoms with Crippen LogP contribution in [0.4, 0.5) is 4.79 Å². The maximum atomic E-state index is 13.4. The van der Waals surface area contributed by atoms with Gasteiger partial charge in [0, 0.05) is 11.8 Å². The van der Waals surface area contributed by atoms with Crippen molar-refractivity contribution in [2.75, 3.05) is 18.8 Å². The number of carbonyl (C=O) groups is 3. The molecule has 184 valence electrons. The van der Waals surface area contributed by atoms with E-state index >= 15 is 0 Å². The molecule has 33 heavy (non-hydrogen) atoms. The number of hydrogen-bond acceptors (Lipinski definition) is 8. The number of ether oxygens (including phenoxy) is 3. The van der Waals surface area contributed by atoms with E-state index in [4.69, 9.17) is 14.2 Å². The highest BCUT2D eigenvalue weighted by atomic mass is 32.2. The van der Waals surface area contributed by atoms with Gasteiger partial charge in [0.25, 0.3) is 0 Å². The smallest absolute Gasteiger partial charge is 0.452 e. The first-order valence-corrected chi connectivity index (χ1v) is 13.5. The van der Waals surface area contributed by atoms with Gasteiger partial charge in [0.1, 0.15) is 5.94 Å². The number of thioether (sulfide) groups is 1. The lowest BCUT2D eigenvalue weighted by atomic mass is 9.45. The molecule has 3 fully saturated rings. The van der Waals surface area contributed by atoms with Crippen LogP contribution in [0.25, 0.3) is 0 Å². The number of esters is 1. The molecule has 0 heterocycles. The van der Waals surface area contributed by atoms with Crippen molar-refractivity contribution < 1.29 is 33.7 Å². The Morgan fingerprint density at radius 2 is 1.94 bits per heavy atom. The van der Waals surface area contributed by atoms with Crippen molar-refractivity contribution in [2.24, 2.45) is 28.6 Å². The summed E-state index contributed by atoms with van der Waals surface area (Å²) in [5.41, 5.74) is -1.30. The summed E-state index contributed by atoms with van der Waals surface area (Å²) in [6.45, 7) is 6.01. The predicted octanol–water partition coefficient (Wildman–Crippen LogP) is 4.26. The average Bonchev–Trinajstić information content (AvgIpc) is 3.04. The van der Waals surface area contributed by atoms with E-state index in [2.05, 4.69) is 6.92 Å². The van der Waals surface area contributed by atoms with Crippen LogP contribution in [0.1, 0.15) is 65.7 Å². The molecule has 4 aliphatic carbocycles. The summed E-state index contributed by atoms with van der Waals surface area (Å²) in [7, 11) is 0. The number of carbonyl (C=O) groups excluding carboxylic acids is 3. The minimum absolute atomic E-state index is 0.0179. The molecule has 0 saturated heterocycles. The Balaban J connectivity index is 1.71. The van der Waals surface area contributed by atoms with E-state index in [-0.39, 0.29) is 41.5 Å². The van der Waals surface area contributed by atoms with E-state index in [1.54, 1.807) is 6.92 Å². The lowest BCUT2D eigenvalue weighted by Crippen LogP contribution is -2.63. The quantitative estimate of drug-likeness (QED) is 0.460. The molecule has 3 saturated carbocycles. The lowest BCUT2D eigenvalue weighted by molar-refractivity contribution is -0.201. The SMILES string of the molecule is CCOC(=O)O[C@]1(C(=O)OCSC)CC[C@H]2[C@@H]3CCC4=CC(=O)CC[C@]4(C)[C@H]3[C@@H](O)C[C@@]21C. The molecular weight excluding hydrogens is 444 g/mol. The number of fused-ring (bicyclic) bond motifs is 5. The molecular formula is C25H36O7S. The number of aliphatic hydroxyl groups is 1. The van der Waals surface area contributed by atoms with Crippen LogP contribution in [0.3, 0.4) is 0 Å². The summed E-state index contributed by atoms with van der Waals surface area (Å²) < 4.78 is 16.4. The van der Waals surface area contributed by atoms with Crippen molar-refractivity contribution in [3.8, 4) is 0 Å². The number of rotatable bonds is 5. The molecule has 0 unspecified atom stereocenters. The number of aliphatic hydroxyl groups excluding tert-OH is 1. The third kappa shape index (κ3) is 3.72. The third-order valence-corrected chi connectivity index (χ3v) is 9.53. The summed E-state index contributed by atoms with van der Waals surface area (Å²) in [5, 5.41) is 11.6. The van der Waals surface area contributed by atoms with Gasteiger partial charge in [0.15, 0.2) is 5.78 Å². The second kappa shape index (κ2) is 8.91. The largest absolute Gasteiger partial charge is 0.509 e. The van der Waals surface area contributed by atoms with E-state index in [1.165, 1.54) is 11.8 Å². The molecule has 4 rings (SSSR count). The Morgan fingerprint density at radius 3 is 2.64 bits per heavy atom. The molecule has 0 aromatic heterocycles. The van der Waals surface area contributed by atoms with Crippen LogP contribution in [0, 0.1) is 28.6 Å². The summed E-state index contributed by atoms with van der Waals surface area (Å²) in [4.78, 5) is 38.0. The molecule has 0 amide bonds. The minimum Gasteiger partial charge on any atom is -0.452 e. The molecule has 0 aliphatic heterocycles. The van der Waals surface area contributed by atoms with Gasteiger partial charge in [-0.1, -0.05) is 19.4 Å². The first-order valence-electron chi connectivity index (χ1n) is 12.1. The lowest BCUT2D eigenvalue weighted by Gasteiger charge is -2.60. The van der Waals surface area contributed by atoms with Crippen molar-refractivity contribution in [3.63, 3.8) is 0 Å². The van der Waals surface area contributed by atoms with Gasteiger partial charge in [-0.2, -0.15) is 0 Å². The number of ketones is 1. The summed E-state index contributed by atoms with van der Waals surface area (Å²) in [5.74, 6) is 0.0851. The van der Waals surface area contributed by atoms with Crippen molar-refractivity contribution in [3.05, 3.63) is 11.6 Å². The van der Waals surface area contributed by atoms with Crippen LogP contribution in [0.5, 0.6) is 0 Å². The van der Waals surface area contributed by atoms with E-state index in [0.717, 1.165) is 24.8 Å². The standard InChI is InChI=1S/C25H36O7S/c1-5-30-22(29)32-25(21(28)31-14-33-4)11-9-18-17-7-6-15-12-16(26)8-10-23(15,2)20(17)19(27)13-24(18,25)3/h12,17-20,27H,5-11,13-14H2,1-4H3/t17-,18-,19-,20+,23-,24-,25-/m0/s1. The predicted molar refractivity (Wildman–Crippen MR) is 123 cm³/mol. The van der Waals surface area contributed by atoms with Crippen LogP contribution in [-0.4, -0.2) is 53.5 Å². The molecule has 4 aliphatic rings. The molecule has 0 spiro atoms. The monoisotopic (exact) mass is 480 g/mol. The van der Waals surface area contributed by atoms with Gasteiger partial charge in [-0.05, 0) is 80.9 Å². The molecule has 0 bridgehead atoms. The van der Waals surface area contributed by atoms with E-state index < -0.39 is 29.2 Å². The normalized spacial score (nSPS) is 41.8. The topological polar surface area (TPSA) is 99.1 Å². The second-order valence-corrected chi connectivity index (χ2v) is 11.4. The average molecular weight is 481 g/mol. The highest BCUT2D eigenvalue weighted by molar-refractivity contribution is 7.98. The van der Waals surface area contributed by atoms with Crippen molar-refractivity contribution in [1.82, 2.24) is 0 Å². The fourth-order valence-corrected chi connectivity index (χ4v) is 7.96. The summed E-state index contributed by atoms with van der Waals surface area (Å²) in [6.07, 6.45) is 6.44. The van der Waals surface area contributed by atoms with Crippen molar-refractivity contribution in [2.45, 2.75) is 77.4 Å². The zero-order valence-corrected chi connectivity index (χ0v) is 20.9. The minimum atomic E-state index is -1.48. The van der Waals surface area contributed by atoms with Gasteiger partial charge in [-0.25, -0.2) is 9.59 Å². The zero-order chi connectivity index (χ0) is 24.0. The zero-order valence-electron chi connectivity index (χ0n) is 20.1. The fraction of sp³-hybridized carbons (Fsp3) is 0.800. The molecule has 1 N–H and O–H groups in total. The Kier molecular flexibility index (Phi) is 6.64. The summed E-state index contributed by atoms with van der Waals surface area (Å²) in [6, 6.07) is 0. The van der Waals surface area contributed by atoms with E-state index in [9.17, 15) is 19.5 Å². The highest BCUT2D eigenvalue weighted by Crippen LogP contribution is 2.68. The molecule has 0 radical (unpaired) electrons.